The maximum atomic E-state index is 12.3. The molecule has 0 bridgehead atoms. The molecule has 1 aromatic carbocycles. The third-order valence-electron chi connectivity index (χ3n) is 3.04. The van der Waals surface area contributed by atoms with Gasteiger partial charge in [-0.05, 0) is 32.4 Å². The zero-order chi connectivity index (χ0) is 13.8. The van der Waals surface area contributed by atoms with E-state index in [0.717, 1.165) is 12.1 Å². The van der Waals surface area contributed by atoms with Crippen LogP contribution in [0.1, 0.15) is 27.2 Å². The zero-order valence-electron chi connectivity index (χ0n) is 11.5. The summed E-state index contributed by atoms with van der Waals surface area (Å²) in [5, 5.41) is 4.84. The lowest BCUT2D eigenvalue weighted by atomic mass is 10.2. The van der Waals surface area contributed by atoms with Crippen molar-refractivity contribution in [1.29, 1.82) is 0 Å². The molecule has 0 saturated heterocycles. The largest absolute Gasteiger partial charge is 0.277 e. The van der Waals surface area contributed by atoms with E-state index in [9.17, 15) is 4.79 Å². The van der Waals surface area contributed by atoms with Crippen LogP contribution in [-0.2, 0) is 6.54 Å². The predicted molar refractivity (Wildman–Crippen MR) is 78.7 cm³/mol. The van der Waals surface area contributed by atoms with E-state index < -0.39 is 0 Å². The van der Waals surface area contributed by atoms with Crippen molar-refractivity contribution < 1.29 is 0 Å². The van der Waals surface area contributed by atoms with E-state index in [-0.39, 0.29) is 5.56 Å². The lowest BCUT2D eigenvalue weighted by Gasteiger charge is -2.10. The Hall–Kier alpha value is -2.17. The monoisotopic (exact) mass is 258 g/mol. The van der Waals surface area contributed by atoms with Crippen LogP contribution in [0.25, 0.3) is 10.9 Å². The summed E-state index contributed by atoms with van der Waals surface area (Å²) in [7, 11) is 0. The number of nitrogens with one attached hydrogen (secondary N) is 1. The highest BCUT2D eigenvalue weighted by Crippen LogP contribution is 2.11. The second kappa shape index (κ2) is 5.65. The van der Waals surface area contributed by atoms with Crippen LogP contribution in [0.3, 0.4) is 0 Å². The van der Waals surface area contributed by atoms with Crippen molar-refractivity contribution in [3.63, 3.8) is 0 Å². The Morgan fingerprint density at radius 1 is 1.37 bits per heavy atom. The second-order valence-electron chi connectivity index (χ2n) is 4.31. The summed E-state index contributed by atoms with van der Waals surface area (Å²) >= 11 is 0. The molecule has 5 nitrogen and oxygen atoms in total. The summed E-state index contributed by atoms with van der Waals surface area (Å²) in [4.78, 5) is 16.8. The van der Waals surface area contributed by atoms with Gasteiger partial charge in [0, 0.05) is 12.3 Å². The van der Waals surface area contributed by atoms with E-state index in [1.54, 1.807) is 10.6 Å². The van der Waals surface area contributed by atoms with E-state index in [1.807, 2.05) is 39.0 Å². The normalized spacial score (nSPS) is 11.8. The molecule has 1 N–H and O–H groups in total. The minimum Gasteiger partial charge on any atom is -0.277 e. The average Bonchev–Trinajstić information content (AvgIpc) is 2.45. The molecule has 0 unspecified atom stereocenters. The van der Waals surface area contributed by atoms with Crippen molar-refractivity contribution in [1.82, 2.24) is 9.55 Å². The molecular formula is C14H18N4O. The number of aromatic nitrogens is 2. The maximum Gasteiger partial charge on any atom is 0.262 e. The van der Waals surface area contributed by atoms with E-state index in [4.69, 9.17) is 0 Å². The predicted octanol–water partition coefficient (Wildman–Crippen LogP) is 2.61. The van der Waals surface area contributed by atoms with E-state index in [0.29, 0.717) is 23.4 Å². The van der Waals surface area contributed by atoms with Gasteiger partial charge in [-0.1, -0.05) is 19.1 Å². The average molecular weight is 258 g/mol. The van der Waals surface area contributed by atoms with Crippen molar-refractivity contribution in [2.75, 3.05) is 5.43 Å². The lowest BCUT2D eigenvalue weighted by Crippen LogP contribution is -2.23. The molecule has 1 aromatic heterocycles. The van der Waals surface area contributed by atoms with Crippen molar-refractivity contribution in [3.8, 4) is 0 Å². The van der Waals surface area contributed by atoms with Crippen LogP contribution in [0.5, 0.6) is 0 Å². The highest BCUT2D eigenvalue weighted by Gasteiger charge is 2.08. The number of hydrazone groups is 1. The van der Waals surface area contributed by atoms with Crippen molar-refractivity contribution >= 4 is 22.6 Å². The van der Waals surface area contributed by atoms with Gasteiger partial charge in [-0.3, -0.25) is 9.36 Å². The molecule has 2 rings (SSSR count). The summed E-state index contributed by atoms with van der Waals surface area (Å²) < 4.78 is 1.59. The zero-order valence-corrected chi connectivity index (χ0v) is 11.5. The smallest absolute Gasteiger partial charge is 0.262 e. The molecule has 0 amide bonds. The molecule has 2 aromatic rings. The standard InChI is InChI=1S/C14H18N4O/c1-4-10(3)16-17-14-15-12-9-7-6-8-11(12)13(19)18(14)5-2/h6-9H,4-5H2,1-3H3,(H,15,17)/b16-10-. The first-order valence-corrected chi connectivity index (χ1v) is 6.46. The Bertz CT molecular complexity index is 673. The first-order chi connectivity index (χ1) is 9.17. The highest BCUT2D eigenvalue weighted by molar-refractivity contribution is 5.82. The van der Waals surface area contributed by atoms with Crippen molar-refractivity contribution in [2.24, 2.45) is 5.10 Å². The number of benzene rings is 1. The highest BCUT2D eigenvalue weighted by atomic mass is 16.1. The molecule has 0 aliphatic rings. The summed E-state index contributed by atoms with van der Waals surface area (Å²) in [6, 6.07) is 7.34. The number of anilines is 1. The number of nitrogens with zero attached hydrogens (tertiary/aromatic N) is 3. The number of fused-ring (bicyclic) bond motifs is 1. The Kier molecular flexibility index (Phi) is 3.94. The fourth-order valence-corrected chi connectivity index (χ4v) is 1.77. The van der Waals surface area contributed by atoms with Crippen LogP contribution in [0.15, 0.2) is 34.2 Å². The number of para-hydroxylation sites is 1. The van der Waals surface area contributed by atoms with Gasteiger partial charge in [0.15, 0.2) is 0 Å². The minimum absolute atomic E-state index is 0.0417. The summed E-state index contributed by atoms with van der Waals surface area (Å²) in [5.41, 5.74) is 4.49. The molecule has 0 radical (unpaired) electrons. The van der Waals surface area contributed by atoms with Crippen LogP contribution < -0.4 is 11.0 Å². The van der Waals surface area contributed by atoms with Crippen molar-refractivity contribution in [3.05, 3.63) is 34.6 Å². The molecular weight excluding hydrogens is 240 g/mol. The SMILES string of the molecule is CC/C(C)=N\Nc1nc2ccccc2c(=O)n1CC. The van der Waals surface area contributed by atoms with Crippen LogP contribution in [0.2, 0.25) is 0 Å². The van der Waals surface area contributed by atoms with Gasteiger partial charge in [0.2, 0.25) is 5.95 Å². The molecule has 19 heavy (non-hydrogen) atoms. The molecule has 0 spiro atoms. The van der Waals surface area contributed by atoms with Crippen LogP contribution in [-0.4, -0.2) is 15.3 Å². The second-order valence-corrected chi connectivity index (χ2v) is 4.31. The van der Waals surface area contributed by atoms with Gasteiger partial charge >= 0.3 is 0 Å². The van der Waals surface area contributed by atoms with Gasteiger partial charge in [-0.15, -0.1) is 0 Å². The van der Waals surface area contributed by atoms with Gasteiger partial charge in [-0.25, -0.2) is 10.4 Å². The van der Waals surface area contributed by atoms with Gasteiger partial charge in [-0.2, -0.15) is 5.10 Å². The van der Waals surface area contributed by atoms with Gasteiger partial charge in [0.1, 0.15) is 0 Å². The quantitative estimate of drug-likeness (QED) is 0.677. The molecule has 100 valence electrons. The van der Waals surface area contributed by atoms with E-state index in [1.165, 1.54) is 0 Å². The van der Waals surface area contributed by atoms with Gasteiger partial charge in [0.05, 0.1) is 10.9 Å². The van der Waals surface area contributed by atoms with Crippen LogP contribution in [0.4, 0.5) is 5.95 Å². The number of hydrogen-bond donors (Lipinski definition) is 1. The fraction of sp³-hybridized carbons (Fsp3) is 0.357. The number of hydrogen-bond acceptors (Lipinski definition) is 4. The van der Waals surface area contributed by atoms with Crippen LogP contribution in [0, 0.1) is 0 Å². The van der Waals surface area contributed by atoms with E-state index >= 15 is 0 Å². The lowest BCUT2D eigenvalue weighted by molar-refractivity contribution is 0.724. The molecule has 0 saturated carbocycles. The minimum atomic E-state index is -0.0417. The van der Waals surface area contributed by atoms with Gasteiger partial charge < -0.3 is 0 Å². The van der Waals surface area contributed by atoms with Gasteiger partial charge in [0.25, 0.3) is 5.56 Å². The Morgan fingerprint density at radius 3 is 2.79 bits per heavy atom. The summed E-state index contributed by atoms with van der Waals surface area (Å²) in [6.07, 6.45) is 0.858. The van der Waals surface area contributed by atoms with E-state index in [2.05, 4.69) is 15.5 Å². The molecule has 0 aliphatic heterocycles. The molecule has 5 heteroatoms. The fourth-order valence-electron chi connectivity index (χ4n) is 1.77. The first kappa shape index (κ1) is 13.3. The summed E-state index contributed by atoms with van der Waals surface area (Å²) in [5.74, 6) is 0.485. The molecule has 0 aliphatic carbocycles. The summed E-state index contributed by atoms with van der Waals surface area (Å²) in [6.45, 7) is 6.43. The third-order valence-corrected chi connectivity index (χ3v) is 3.04. The number of rotatable bonds is 4. The Morgan fingerprint density at radius 2 is 2.11 bits per heavy atom. The molecule has 1 heterocycles. The van der Waals surface area contributed by atoms with Crippen LogP contribution >= 0.6 is 0 Å². The molecule has 0 fully saturated rings. The Labute approximate surface area is 112 Å². The Balaban J connectivity index is 2.57. The van der Waals surface area contributed by atoms with Crippen molar-refractivity contribution in [2.45, 2.75) is 33.7 Å². The molecule has 0 atom stereocenters. The topological polar surface area (TPSA) is 59.3 Å². The maximum absolute atomic E-state index is 12.3. The third kappa shape index (κ3) is 2.65. The first-order valence-electron chi connectivity index (χ1n) is 6.46.